The van der Waals surface area contributed by atoms with Crippen molar-refractivity contribution in [2.45, 2.75) is 26.2 Å². The summed E-state index contributed by atoms with van der Waals surface area (Å²) in [5, 5.41) is 8.04. The van der Waals surface area contributed by atoms with Crippen molar-refractivity contribution < 1.29 is 22.7 Å². The van der Waals surface area contributed by atoms with Crippen LogP contribution in [-0.4, -0.2) is 29.3 Å². The summed E-state index contributed by atoms with van der Waals surface area (Å²) in [5.41, 5.74) is 2.10. The minimum atomic E-state index is -4.67. The second kappa shape index (κ2) is 8.88. The summed E-state index contributed by atoms with van der Waals surface area (Å²) in [6.45, 7) is 2.87. The molecule has 0 radical (unpaired) electrons. The van der Waals surface area contributed by atoms with E-state index >= 15 is 0 Å². The first-order valence-electron chi connectivity index (χ1n) is 3.48. The number of hydrogen-bond acceptors (Lipinski definition) is 4. The third-order valence-corrected chi connectivity index (χ3v) is 0.892. The van der Waals surface area contributed by atoms with Crippen molar-refractivity contribution in [1.82, 2.24) is 5.48 Å². The summed E-state index contributed by atoms with van der Waals surface area (Å²) in [6, 6.07) is 0. The van der Waals surface area contributed by atoms with Crippen LogP contribution in [-0.2, 0) is 10.4 Å². The summed E-state index contributed by atoms with van der Waals surface area (Å²) < 4.78 is 31.6. The predicted molar refractivity (Wildman–Crippen MR) is 43.5 cm³/mol. The second-order valence-corrected chi connectivity index (χ2v) is 2.96. The Labute approximate surface area is 72.1 Å². The molecule has 0 unspecified atom stereocenters. The fraction of sp³-hybridized carbons (Fsp3) is 1.00. The molecule has 0 heterocycles. The van der Waals surface area contributed by atoms with Crippen molar-refractivity contribution in [3.05, 3.63) is 0 Å². The number of hydrogen-bond donors (Lipinski definition) is 4. The molecule has 12 heavy (non-hydrogen) atoms. The lowest BCUT2D eigenvalue weighted by atomic mass is 10.3. The van der Waals surface area contributed by atoms with Crippen LogP contribution >= 0.6 is 0 Å². The quantitative estimate of drug-likeness (QED) is 0.300. The van der Waals surface area contributed by atoms with Gasteiger partial charge < -0.3 is 5.21 Å². The molecule has 6 nitrogen and oxygen atoms in total. The van der Waals surface area contributed by atoms with Crippen LogP contribution in [0.5, 0.6) is 0 Å². The average molecular weight is 201 g/mol. The Morgan fingerprint density at radius 2 is 1.67 bits per heavy atom. The van der Waals surface area contributed by atoms with Gasteiger partial charge in [0.15, 0.2) is 0 Å². The van der Waals surface area contributed by atoms with Crippen LogP contribution in [0.3, 0.4) is 0 Å². The molecule has 0 aliphatic heterocycles. The zero-order valence-corrected chi connectivity index (χ0v) is 7.71. The van der Waals surface area contributed by atoms with Gasteiger partial charge in [-0.3, -0.25) is 9.11 Å². The monoisotopic (exact) mass is 201 g/mol. The highest BCUT2D eigenvalue weighted by molar-refractivity contribution is 7.79. The summed E-state index contributed by atoms with van der Waals surface area (Å²) in [6.07, 6.45) is 3.49. The molecule has 0 aromatic heterocycles. The van der Waals surface area contributed by atoms with E-state index in [4.69, 9.17) is 22.7 Å². The standard InChI is InChI=1S/C5H13NO.H2O4S/c1-2-3-4-5-6-7;1-5(2,3)4/h6-7H,2-5H2,1H3;(H2,1,2,3,4). The summed E-state index contributed by atoms with van der Waals surface area (Å²) in [4.78, 5) is 0. The van der Waals surface area contributed by atoms with Crippen molar-refractivity contribution in [1.29, 1.82) is 0 Å². The van der Waals surface area contributed by atoms with E-state index in [9.17, 15) is 0 Å². The van der Waals surface area contributed by atoms with Gasteiger partial charge in [-0.05, 0) is 6.42 Å². The van der Waals surface area contributed by atoms with Crippen molar-refractivity contribution in [2.75, 3.05) is 6.54 Å². The van der Waals surface area contributed by atoms with E-state index in [0.717, 1.165) is 13.0 Å². The van der Waals surface area contributed by atoms with Crippen molar-refractivity contribution in [3.8, 4) is 0 Å². The molecule has 0 amide bonds. The van der Waals surface area contributed by atoms with Crippen LogP contribution in [0.1, 0.15) is 26.2 Å². The zero-order valence-electron chi connectivity index (χ0n) is 6.89. The van der Waals surface area contributed by atoms with Gasteiger partial charge in [-0.25, -0.2) is 5.48 Å². The number of nitrogens with one attached hydrogen (secondary N) is 1. The van der Waals surface area contributed by atoms with Gasteiger partial charge in [-0.15, -0.1) is 0 Å². The number of unbranched alkanes of at least 4 members (excludes halogenated alkanes) is 2. The highest BCUT2D eigenvalue weighted by Gasteiger charge is 1.84. The minimum absolute atomic E-state index is 0.730. The molecule has 0 aliphatic carbocycles. The van der Waals surface area contributed by atoms with Gasteiger partial charge >= 0.3 is 10.4 Å². The Bertz CT molecular complexity index is 155. The molecule has 0 aromatic rings. The van der Waals surface area contributed by atoms with Gasteiger partial charge in [-0.1, -0.05) is 19.8 Å². The van der Waals surface area contributed by atoms with Crippen LogP contribution in [0.4, 0.5) is 0 Å². The normalized spacial score (nSPS) is 10.3. The Morgan fingerprint density at radius 3 is 1.92 bits per heavy atom. The molecule has 0 spiro atoms. The van der Waals surface area contributed by atoms with E-state index in [1.54, 1.807) is 0 Å². The first-order chi connectivity index (χ1) is 5.41. The topological polar surface area (TPSA) is 107 Å². The molecular formula is C5H15NO5S. The SMILES string of the molecule is CCCCCNO.O=S(=O)(O)O. The lowest BCUT2D eigenvalue weighted by Gasteiger charge is -1.92. The van der Waals surface area contributed by atoms with E-state index < -0.39 is 10.4 Å². The lowest BCUT2D eigenvalue weighted by Crippen LogP contribution is -2.07. The maximum atomic E-state index is 8.74. The fourth-order valence-corrected chi connectivity index (χ4v) is 0.454. The Hall–Kier alpha value is -0.210. The first kappa shape index (κ1) is 14.3. The number of rotatable bonds is 4. The Balaban J connectivity index is 0. The van der Waals surface area contributed by atoms with E-state index in [1.807, 2.05) is 0 Å². The average Bonchev–Trinajstić information content (AvgIpc) is 1.85. The van der Waals surface area contributed by atoms with Crippen molar-refractivity contribution in [2.24, 2.45) is 0 Å². The van der Waals surface area contributed by atoms with E-state index in [0.29, 0.717) is 0 Å². The summed E-state index contributed by atoms with van der Waals surface area (Å²) in [5.74, 6) is 0. The third-order valence-electron chi connectivity index (χ3n) is 0.892. The van der Waals surface area contributed by atoms with E-state index in [1.165, 1.54) is 12.8 Å². The van der Waals surface area contributed by atoms with Crippen LogP contribution in [0.25, 0.3) is 0 Å². The second-order valence-electron chi connectivity index (χ2n) is 2.06. The predicted octanol–water partition coefficient (Wildman–Crippen LogP) is 0.503. The lowest BCUT2D eigenvalue weighted by molar-refractivity contribution is 0.165. The third kappa shape index (κ3) is 52.7. The van der Waals surface area contributed by atoms with Gasteiger partial charge in [0, 0.05) is 6.54 Å². The van der Waals surface area contributed by atoms with Crippen molar-refractivity contribution in [3.63, 3.8) is 0 Å². The van der Waals surface area contributed by atoms with Gasteiger partial charge in [0.25, 0.3) is 0 Å². The molecule has 4 N–H and O–H groups in total. The largest absolute Gasteiger partial charge is 0.394 e. The highest BCUT2D eigenvalue weighted by atomic mass is 32.3. The van der Waals surface area contributed by atoms with E-state index in [-0.39, 0.29) is 0 Å². The molecule has 0 saturated heterocycles. The van der Waals surface area contributed by atoms with Crippen LogP contribution in [0.2, 0.25) is 0 Å². The van der Waals surface area contributed by atoms with Crippen LogP contribution < -0.4 is 5.48 Å². The molecule has 0 bridgehead atoms. The summed E-state index contributed by atoms with van der Waals surface area (Å²) in [7, 11) is -4.67. The summed E-state index contributed by atoms with van der Waals surface area (Å²) >= 11 is 0. The maximum Gasteiger partial charge on any atom is 0.394 e. The number of hydroxylamine groups is 1. The smallest absolute Gasteiger partial charge is 0.317 e. The Morgan fingerprint density at radius 1 is 1.25 bits per heavy atom. The molecular weight excluding hydrogens is 186 g/mol. The molecule has 0 atom stereocenters. The molecule has 76 valence electrons. The van der Waals surface area contributed by atoms with Gasteiger partial charge in [0.2, 0.25) is 0 Å². The van der Waals surface area contributed by atoms with Gasteiger partial charge in [0.05, 0.1) is 0 Å². The van der Waals surface area contributed by atoms with Gasteiger partial charge in [-0.2, -0.15) is 8.42 Å². The van der Waals surface area contributed by atoms with Crippen LogP contribution in [0.15, 0.2) is 0 Å². The highest BCUT2D eigenvalue weighted by Crippen LogP contribution is 1.89. The minimum Gasteiger partial charge on any atom is -0.317 e. The van der Waals surface area contributed by atoms with Crippen LogP contribution in [0, 0.1) is 0 Å². The molecule has 0 rings (SSSR count). The van der Waals surface area contributed by atoms with Gasteiger partial charge in [0.1, 0.15) is 0 Å². The van der Waals surface area contributed by atoms with E-state index in [2.05, 4.69) is 12.4 Å². The molecule has 0 fully saturated rings. The first-order valence-corrected chi connectivity index (χ1v) is 4.88. The molecule has 0 saturated carbocycles. The maximum absolute atomic E-state index is 8.74. The Kier molecular flexibility index (Phi) is 10.6. The van der Waals surface area contributed by atoms with Crippen molar-refractivity contribution >= 4 is 10.4 Å². The zero-order chi connectivity index (χ0) is 10.0. The molecule has 7 heteroatoms. The fourth-order valence-electron chi connectivity index (χ4n) is 0.454. The molecule has 0 aromatic carbocycles. The molecule has 0 aliphatic rings.